The fourth-order valence-corrected chi connectivity index (χ4v) is 1.43. The lowest BCUT2D eigenvalue weighted by Crippen LogP contribution is -2.41. The summed E-state index contributed by atoms with van der Waals surface area (Å²) in [5.41, 5.74) is 0.578. The van der Waals surface area contributed by atoms with Gasteiger partial charge in [0, 0.05) is 18.9 Å². The Morgan fingerprint density at radius 1 is 1.37 bits per heavy atom. The number of carboxylic acid groups (broad SMARTS) is 1. The fraction of sp³-hybridized carbons (Fsp3) is 0.385. The molecule has 6 nitrogen and oxygen atoms in total. The molecule has 19 heavy (non-hydrogen) atoms. The van der Waals surface area contributed by atoms with Gasteiger partial charge in [0.15, 0.2) is 5.78 Å². The quantitative estimate of drug-likeness (QED) is 0.633. The van der Waals surface area contributed by atoms with E-state index < -0.39 is 23.7 Å². The molecule has 2 atom stereocenters. The lowest BCUT2D eigenvalue weighted by atomic mass is 9.98. The highest BCUT2D eigenvalue weighted by atomic mass is 16.4. The standard InChI is InChI=1S/C13H17N3O3/c1-8(13(18)19)11(14)12(17)9(2)16-7-10-3-5-15-6-4-10/h3-6,8-9,14,16H,7H2,1-2H3,(H,18,19)/t8?,9-/m0/s1. The Hall–Kier alpha value is -2.08. The maximum Gasteiger partial charge on any atom is 0.312 e. The third-order valence-electron chi connectivity index (χ3n) is 2.82. The molecular weight excluding hydrogens is 246 g/mol. The van der Waals surface area contributed by atoms with Crippen LogP contribution in [0, 0.1) is 11.3 Å². The molecule has 1 rings (SSSR count). The molecule has 0 aromatic carbocycles. The Morgan fingerprint density at radius 3 is 2.47 bits per heavy atom. The Kier molecular flexibility index (Phi) is 5.32. The molecule has 1 aromatic heterocycles. The van der Waals surface area contributed by atoms with E-state index in [-0.39, 0.29) is 5.71 Å². The van der Waals surface area contributed by atoms with E-state index in [1.165, 1.54) is 6.92 Å². The number of pyridine rings is 1. The number of hydrogen-bond donors (Lipinski definition) is 3. The topological polar surface area (TPSA) is 103 Å². The molecule has 0 spiro atoms. The molecule has 1 unspecified atom stereocenters. The molecule has 0 aliphatic rings. The number of aromatic nitrogens is 1. The van der Waals surface area contributed by atoms with Crippen molar-refractivity contribution in [2.24, 2.45) is 5.92 Å². The number of hydrogen-bond acceptors (Lipinski definition) is 5. The highest BCUT2D eigenvalue weighted by molar-refractivity contribution is 6.43. The molecule has 0 amide bonds. The van der Waals surface area contributed by atoms with Crippen LogP contribution in [-0.4, -0.2) is 33.6 Å². The monoisotopic (exact) mass is 263 g/mol. The number of Topliss-reactive ketones (excluding diaryl/α,β-unsaturated/α-hetero) is 1. The van der Waals surface area contributed by atoms with Crippen molar-refractivity contribution in [1.29, 1.82) is 5.41 Å². The average molecular weight is 263 g/mol. The Bertz CT molecular complexity index is 473. The van der Waals surface area contributed by atoms with Gasteiger partial charge < -0.3 is 15.8 Å². The summed E-state index contributed by atoms with van der Waals surface area (Å²) in [7, 11) is 0. The lowest BCUT2D eigenvalue weighted by molar-refractivity contribution is -0.139. The molecule has 0 aliphatic carbocycles. The number of carbonyl (C=O) groups is 2. The second-order valence-corrected chi connectivity index (χ2v) is 4.30. The zero-order valence-corrected chi connectivity index (χ0v) is 10.9. The van der Waals surface area contributed by atoms with Crippen LogP contribution in [0.3, 0.4) is 0 Å². The van der Waals surface area contributed by atoms with Crippen LogP contribution in [-0.2, 0) is 16.1 Å². The SMILES string of the molecule is CC(C(=N)C(=O)[C@H](C)NCc1ccncc1)C(=O)O. The van der Waals surface area contributed by atoms with Crippen molar-refractivity contribution in [2.75, 3.05) is 0 Å². The van der Waals surface area contributed by atoms with Crippen LogP contribution in [0.1, 0.15) is 19.4 Å². The van der Waals surface area contributed by atoms with Crippen molar-refractivity contribution in [2.45, 2.75) is 26.4 Å². The van der Waals surface area contributed by atoms with E-state index >= 15 is 0 Å². The van der Waals surface area contributed by atoms with Gasteiger partial charge in [-0.05, 0) is 31.5 Å². The molecule has 0 saturated carbocycles. The van der Waals surface area contributed by atoms with E-state index in [0.29, 0.717) is 6.54 Å². The number of ketones is 1. The number of rotatable bonds is 7. The maximum absolute atomic E-state index is 11.8. The summed E-state index contributed by atoms with van der Waals surface area (Å²) >= 11 is 0. The third-order valence-corrected chi connectivity index (χ3v) is 2.82. The second-order valence-electron chi connectivity index (χ2n) is 4.30. The number of nitrogens with one attached hydrogen (secondary N) is 2. The van der Waals surface area contributed by atoms with E-state index in [2.05, 4.69) is 10.3 Å². The maximum atomic E-state index is 11.8. The summed E-state index contributed by atoms with van der Waals surface area (Å²) < 4.78 is 0. The van der Waals surface area contributed by atoms with Gasteiger partial charge >= 0.3 is 5.97 Å². The van der Waals surface area contributed by atoms with Gasteiger partial charge in [-0.2, -0.15) is 0 Å². The Morgan fingerprint density at radius 2 is 1.95 bits per heavy atom. The van der Waals surface area contributed by atoms with Gasteiger partial charge in [0.2, 0.25) is 0 Å². The van der Waals surface area contributed by atoms with Gasteiger partial charge in [0.1, 0.15) is 0 Å². The molecular formula is C13H17N3O3. The predicted molar refractivity (Wildman–Crippen MR) is 70.1 cm³/mol. The Balaban J connectivity index is 2.54. The van der Waals surface area contributed by atoms with Crippen molar-refractivity contribution in [1.82, 2.24) is 10.3 Å². The molecule has 3 N–H and O–H groups in total. The van der Waals surface area contributed by atoms with E-state index in [1.54, 1.807) is 19.3 Å². The fourth-order valence-electron chi connectivity index (χ4n) is 1.43. The molecule has 6 heteroatoms. The summed E-state index contributed by atoms with van der Waals surface area (Å²) in [4.78, 5) is 26.5. The molecule has 102 valence electrons. The molecule has 1 heterocycles. The van der Waals surface area contributed by atoms with Crippen LogP contribution in [0.2, 0.25) is 0 Å². The zero-order chi connectivity index (χ0) is 14.4. The number of carbonyl (C=O) groups excluding carboxylic acids is 1. The van der Waals surface area contributed by atoms with Gasteiger partial charge in [-0.1, -0.05) is 0 Å². The van der Waals surface area contributed by atoms with E-state index in [1.807, 2.05) is 12.1 Å². The molecule has 0 saturated heterocycles. The third kappa shape index (κ3) is 4.26. The summed E-state index contributed by atoms with van der Waals surface area (Å²) in [6.45, 7) is 3.41. The normalized spacial score (nSPS) is 13.6. The minimum atomic E-state index is -1.17. The Labute approximate surface area is 111 Å². The molecule has 1 aromatic rings. The summed E-state index contributed by atoms with van der Waals surface area (Å²) in [6.07, 6.45) is 3.30. The highest BCUT2D eigenvalue weighted by Gasteiger charge is 2.26. The summed E-state index contributed by atoms with van der Waals surface area (Å²) in [6, 6.07) is 3.03. The first-order chi connectivity index (χ1) is 8.93. The van der Waals surface area contributed by atoms with Crippen molar-refractivity contribution < 1.29 is 14.7 Å². The highest BCUT2D eigenvalue weighted by Crippen LogP contribution is 2.03. The first-order valence-corrected chi connectivity index (χ1v) is 5.91. The van der Waals surface area contributed by atoms with Crippen LogP contribution in [0.4, 0.5) is 0 Å². The largest absolute Gasteiger partial charge is 0.481 e. The second kappa shape index (κ2) is 6.75. The first-order valence-electron chi connectivity index (χ1n) is 5.91. The number of carboxylic acids is 1. The lowest BCUT2D eigenvalue weighted by Gasteiger charge is -2.15. The number of nitrogens with zero attached hydrogens (tertiary/aromatic N) is 1. The minimum Gasteiger partial charge on any atom is -0.481 e. The predicted octanol–water partition coefficient (Wildman–Crippen LogP) is 0.869. The van der Waals surface area contributed by atoms with Crippen molar-refractivity contribution in [3.8, 4) is 0 Å². The van der Waals surface area contributed by atoms with Gasteiger partial charge in [-0.3, -0.25) is 14.6 Å². The molecule has 0 radical (unpaired) electrons. The molecule has 0 fully saturated rings. The first kappa shape index (κ1) is 15.0. The van der Waals surface area contributed by atoms with Gasteiger partial charge in [-0.15, -0.1) is 0 Å². The van der Waals surface area contributed by atoms with Crippen molar-refractivity contribution >= 4 is 17.5 Å². The van der Waals surface area contributed by atoms with E-state index in [4.69, 9.17) is 10.5 Å². The molecule has 0 aliphatic heterocycles. The minimum absolute atomic E-state index is 0.387. The van der Waals surface area contributed by atoms with Crippen LogP contribution in [0.5, 0.6) is 0 Å². The van der Waals surface area contributed by atoms with Crippen molar-refractivity contribution in [3.05, 3.63) is 30.1 Å². The average Bonchev–Trinajstić information content (AvgIpc) is 2.43. The van der Waals surface area contributed by atoms with Crippen LogP contribution in [0.15, 0.2) is 24.5 Å². The van der Waals surface area contributed by atoms with E-state index in [9.17, 15) is 9.59 Å². The summed E-state index contributed by atoms with van der Waals surface area (Å²) in [5, 5.41) is 19.3. The van der Waals surface area contributed by atoms with Gasteiger partial charge in [-0.25, -0.2) is 0 Å². The van der Waals surface area contributed by atoms with Crippen LogP contribution >= 0.6 is 0 Å². The zero-order valence-electron chi connectivity index (χ0n) is 10.9. The molecule has 0 bridgehead atoms. The summed E-state index contributed by atoms with van der Waals surface area (Å²) in [5.74, 6) is -2.75. The van der Waals surface area contributed by atoms with Gasteiger partial charge in [0.25, 0.3) is 0 Å². The smallest absolute Gasteiger partial charge is 0.312 e. The van der Waals surface area contributed by atoms with E-state index in [0.717, 1.165) is 5.56 Å². The van der Waals surface area contributed by atoms with Crippen molar-refractivity contribution in [3.63, 3.8) is 0 Å². The van der Waals surface area contributed by atoms with Crippen LogP contribution in [0.25, 0.3) is 0 Å². The number of aliphatic carboxylic acids is 1. The van der Waals surface area contributed by atoms with Crippen LogP contribution < -0.4 is 5.32 Å². The van der Waals surface area contributed by atoms with Gasteiger partial charge in [0.05, 0.1) is 17.7 Å².